The number of pyridine rings is 1. The van der Waals surface area contributed by atoms with Crippen molar-refractivity contribution in [3.63, 3.8) is 0 Å². The summed E-state index contributed by atoms with van der Waals surface area (Å²) in [6.07, 6.45) is 6.70. The molecule has 138 valence electrons. The monoisotopic (exact) mass is 475 g/mol. The van der Waals surface area contributed by atoms with E-state index in [0.29, 0.717) is 6.54 Å². The summed E-state index contributed by atoms with van der Waals surface area (Å²) in [7, 11) is 1.76. The second-order valence-corrected chi connectivity index (χ2v) is 6.57. The predicted octanol–water partition coefficient (Wildman–Crippen LogP) is 2.63. The van der Waals surface area contributed by atoms with Crippen LogP contribution < -0.4 is 16.2 Å². The standard InChI is InChI=1S/C17H25N5OS.HI/c1-3-14-12-20-15(24-14)13-21-17(18-2)19-9-5-7-11-22-10-6-4-8-16(22)23;/h4,6,8,10,12H,3,5,7,9,11,13H2,1-2H3,(H2,18,19,21);1H. The number of hydrogen-bond donors (Lipinski definition) is 2. The van der Waals surface area contributed by atoms with E-state index in [-0.39, 0.29) is 29.5 Å². The van der Waals surface area contributed by atoms with Crippen LogP contribution in [0, 0.1) is 0 Å². The molecule has 8 heteroatoms. The summed E-state index contributed by atoms with van der Waals surface area (Å²) in [5.41, 5.74) is 0.0535. The van der Waals surface area contributed by atoms with Gasteiger partial charge < -0.3 is 15.2 Å². The third-order valence-electron chi connectivity index (χ3n) is 3.60. The smallest absolute Gasteiger partial charge is 0.250 e. The van der Waals surface area contributed by atoms with Crippen molar-refractivity contribution < 1.29 is 0 Å². The van der Waals surface area contributed by atoms with Crippen LogP contribution in [0.5, 0.6) is 0 Å². The summed E-state index contributed by atoms with van der Waals surface area (Å²) in [6.45, 7) is 4.38. The number of nitrogens with zero attached hydrogens (tertiary/aromatic N) is 3. The highest BCUT2D eigenvalue weighted by Crippen LogP contribution is 2.12. The number of aryl methyl sites for hydroxylation is 2. The molecule has 0 spiro atoms. The van der Waals surface area contributed by atoms with Gasteiger partial charge in [0, 0.05) is 43.5 Å². The molecule has 0 aliphatic rings. The minimum atomic E-state index is 0. The lowest BCUT2D eigenvalue weighted by molar-refractivity contribution is 0.585. The third-order valence-corrected chi connectivity index (χ3v) is 4.74. The zero-order valence-corrected chi connectivity index (χ0v) is 17.8. The lowest BCUT2D eigenvalue weighted by atomic mass is 10.3. The van der Waals surface area contributed by atoms with Gasteiger partial charge in [0.15, 0.2) is 5.96 Å². The molecule has 2 aromatic heterocycles. The largest absolute Gasteiger partial charge is 0.356 e. The van der Waals surface area contributed by atoms with E-state index in [1.807, 2.05) is 18.5 Å². The SMILES string of the molecule is CCc1cnc(CNC(=NC)NCCCCn2ccccc2=O)s1.I. The topological polar surface area (TPSA) is 71.3 Å². The summed E-state index contributed by atoms with van der Waals surface area (Å²) in [4.78, 5) is 21.5. The highest BCUT2D eigenvalue weighted by Gasteiger charge is 2.02. The molecule has 0 radical (unpaired) electrons. The first-order valence-corrected chi connectivity index (χ1v) is 9.08. The second kappa shape index (κ2) is 12.0. The van der Waals surface area contributed by atoms with Crippen molar-refractivity contribution in [3.05, 3.63) is 50.8 Å². The van der Waals surface area contributed by atoms with Crippen molar-refractivity contribution in [2.75, 3.05) is 13.6 Å². The molecule has 25 heavy (non-hydrogen) atoms. The maximum Gasteiger partial charge on any atom is 0.250 e. The molecule has 0 bridgehead atoms. The molecule has 2 N–H and O–H groups in total. The normalized spacial score (nSPS) is 11.0. The van der Waals surface area contributed by atoms with Crippen LogP contribution in [-0.2, 0) is 19.5 Å². The molecule has 2 rings (SSSR count). The van der Waals surface area contributed by atoms with Gasteiger partial charge in [0.2, 0.25) is 5.56 Å². The van der Waals surface area contributed by atoms with Gasteiger partial charge in [-0.3, -0.25) is 9.79 Å². The predicted molar refractivity (Wildman–Crippen MR) is 115 cm³/mol. The molecule has 6 nitrogen and oxygen atoms in total. The molecule has 0 saturated heterocycles. The first-order chi connectivity index (χ1) is 11.7. The maximum absolute atomic E-state index is 11.6. The average Bonchev–Trinajstić information content (AvgIpc) is 3.07. The van der Waals surface area contributed by atoms with E-state index in [2.05, 4.69) is 27.5 Å². The quantitative estimate of drug-likeness (QED) is 0.267. The summed E-state index contributed by atoms with van der Waals surface area (Å²) >= 11 is 1.73. The molecule has 2 heterocycles. The second-order valence-electron chi connectivity index (χ2n) is 5.37. The van der Waals surface area contributed by atoms with Crippen molar-refractivity contribution in [1.82, 2.24) is 20.2 Å². The van der Waals surface area contributed by atoms with E-state index in [1.54, 1.807) is 35.1 Å². The van der Waals surface area contributed by atoms with Crippen molar-refractivity contribution in [1.29, 1.82) is 0 Å². The highest BCUT2D eigenvalue weighted by atomic mass is 127. The molecular formula is C17H26IN5OS. The van der Waals surface area contributed by atoms with Gasteiger partial charge in [-0.05, 0) is 25.3 Å². The van der Waals surface area contributed by atoms with Gasteiger partial charge in [0.05, 0.1) is 6.54 Å². The fourth-order valence-corrected chi connectivity index (χ4v) is 3.03. The van der Waals surface area contributed by atoms with Gasteiger partial charge in [-0.2, -0.15) is 0 Å². The number of aliphatic imine (C=N–C) groups is 1. The Morgan fingerprint density at radius 1 is 1.32 bits per heavy atom. The van der Waals surface area contributed by atoms with E-state index in [1.165, 1.54) is 4.88 Å². The Balaban J connectivity index is 0.00000312. The number of unbranched alkanes of at least 4 members (excludes halogenated alkanes) is 1. The van der Waals surface area contributed by atoms with Crippen LogP contribution in [0.25, 0.3) is 0 Å². The molecule has 0 aromatic carbocycles. The Labute approximate surface area is 169 Å². The average molecular weight is 475 g/mol. The van der Waals surface area contributed by atoms with E-state index in [4.69, 9.17) is 0 Å². The molecule has 0 amide bonds. The van der Waals surface area contributed by atoms with Crippen LogP contribution >= 0.6 is 35.3 Å². The van der Waals surface area contributed by atoms with Crippen LogP contribution in [0.1, 0.15) is 29.7 Å². The van der Waals surface area contributed by atoms with Crippen LogP contribution in [-0.4, -0.2) is 29.1 Å². The number of thiazole rings is 1. The minimum absolute atomic E-state index is 0. The van der Waals surface area contributed by atoms with Gasteiger partial charge in [0.1, 0.15) is 5.01 Å². The zero-order chi connectivity index (χ0) is 17.2. The summed E-state index contributed by atoms with van der Waals surface area (Å²) < 4.78 is 1.74. The molecule has 0 saturated carbocycles. The van der Waals surface area contributed by atoms with Crippen LogP contribution in [0.15, 0.2) is 40.4 Å². The molecule has 2 aromatic rings. The van der Waals surface area contributed by atoms with Crippen molar-refractivity contribution in [3.8, 4) is 0 Å². The molecule has 0 atom stereocenters. The molecule has 0 aliphatic carbocycles. The van der Waals surface area contributed by atoms with Gasteiger partial charge >= 0.3 is 0 Å². The number of halogens is 1. The molecule has 0 fully saturated rings. The molecular weight excluding hydrogens is 449 g/mol. The van der Waals surface area contributed by atoms with Gasteiger partial charge in [0.25, 0.3) is 0 Å². The van der Waals surface area contributed by atoms with Gasteiger partial charge in [-0.25, -0.2) is 4.98 Å². The van der Waals surface area contributed by atoms with Crippen LogP contribution in [0.3, 0.4) is 0 Å². The number of hydrogen-bond acceptors (Lipinski definition) is 4. The summed E-state index contributed by atoms with van der Waals surface area (Å²) in [6, 6.07) is 5.24. The number of nitrogens with one attached hydrogen (secondary N) is 2. The first-order valence-electron chi connectivity index (χ1n) is 8.26. The molecule has 0 unspecified atom stereocenters. The first kappa shape index (κ1) is 21.6. The minimum Gasteiger partial charge on any atom is -0.356 e. The van der Waals surface area contributed by atoms with E-state index >= 15 is 0 Å². The Morgan fingerprint density at radius 2 is 2.16 bits per heavy atom. The Morgan fingerprint density at radius 3 is 2.84 bits per heavy atom. The maximum atomic E-state index is 11.6. The Bertz CT molecular complexity index is 713. The van der Waals surface area contributed by atoms with Crippen molar-refractivity contribution in [2.24, 2.45) is 4.99 Å². The number of guanidine groups is 1. The molecule has 0 aliphatic heterocycles. The van der Waals surface area contributed by atoms with Crippen molar-refractivity contribution in [2.45, 2.75) is 39.3 Å². The van der Waals surface area contributed by atoms with Gasteiger partial charge in [-0.15, -0.1) is 35.3 Å². The van der Waals surface area contributed by atoms with E-state index < -0.39 is 0 Å². The van der Waals surface area contributed by atoms with Crippen LogP contribution in [0.4, 0.5) is 0 Å². The van der Waals surface area contributed by atoms with Gasteiger partial charge in [-0.1, -0.05) is 13.0 Å². The Hall–Kier alpha value is -1.42. The number of aromatic nitrogens is 2. The van der Waals surface area contributed by atoms with E-state index in [9.17, 15) is 4.79 Å². The summed E-state index contributed by atoms with van der Waals surface area (Å²) in [5.74, 6) is 0.778. The third kappa shape index (κ3) is 7.55. The highest BCUT2D eigenvalue weighted by molar-refractivity contribution is 14.0. The van der Waals surface area contributed by atoms with Crippen molar-refractivity contribution >= 4 is 41.3 Å². The fraction of sp³-hybridized carbons (Fsp3) is 0.471. The summed E-state index contributed by atoms with van der Waals surface area (Å²) in [5, 5.41) is 7.63. The van der Waals surface area contributed by atoms with Crippen LogP contribution in [0.2, 0.25) is 0 Å². The lowest BCUT2D eigenvalue weighted by Crippen LogP contribution is -2.37. The Kier molecular flexibility index (Phi) is 10.4. The van der Waals surface area contributed by atoms with E-state index in [0.717, 1.165) is 43.3 Å². The zero-order valence-electron chi connectivity index (χ0n) is 14.7. The lowest BCUT2D eigenvalue weighted by Gasteiger charge is -2.11. The number of rotatable bonds is 8. The fourth-order valence-electron chi connectivity index (χ4n) is 2.23.